The topological polar surface area (TPSA) is 69.6 Å². The molecule has 0 saturated heterocycles. The zero-order valence-corrected chi connectivity index (χ0v) is 8.47. The summed E-state index contributed by atoms with van der Waals surface area (Å²) >= 11 is 5.39. The van der Waals surface area contributed by atoms with Crippen LogP contribution in [0.3, 0.4) is 0 Å². The fourth-order valence-corrected chi connectivity index (χ4v) is 0.794. The molecule has 0 heterocycles. The van der Waals surface area contributed by atoms with E-state index in [1.165, 1.54) is 6.92 Å². The molecule has 5 heteroatoms. The highest BCUT2D eigenvalue weighted by atomic mass is 35.5. The summed E-state index contributed by atoms with van der Waals surface area (Å²) in [5.41, 5.74) is -1.24. The quantitative estimate of drug-likeness (QED) is 0.534. The second kappa shape index (κ2) is 6.18. The normalized spacial score (nSPS) is 15.1. The molecule has 0 spiro atoms. The third-order valence-corrected chi connectivity index (χ3v) is 1.81. The third-order valence-electron chi connectivity index (χ3n) is 1.54. The Hall–Kier alpha value is -0.320. The molecule has 0 aliphatic rings. The number of rotatable bonds is 6. The fraction of sp³-hybridized carbons (Fsp3) is 0.875. The van der Waals surface area contributed by atoms with Crippen molar-refractivity contribution >= 4 is 17.5 Å². The van der Waals surface area contributed by atoms with E-state index in [1.807, 2.05) is 0 Å². The maximum absolute atomic E-state index is 11.0. The highest BCUT2D eigenvalue weighted by Crippen LogP contribution is 1.99. The molecule has 0 fully saturated rings. The van der Waals surface area contributed by atoms with Crippen LogP contribution in [-0.2, 0) is 4.79 Å². The first kappa shape index (κ1) is 12.7. The SMILES string of the molecule is CC(O)(CO)CNC(=O)CCCCl. The van der Waals surface area contributed by atoms with Crippen LogP contribution >= 0.6 is 11.6 Å². The Kier molecular flexibility index (Phi) is 6.03. The number of aliphatic hydroxyl groups excluding tert-OH is 1. The highest BCUT2D eigenvalue weighted by molar-refractivity contribution is 6.17. The highest BCUT2D eigenvalue weighted by Gasteiger charge is 2.19. The van der Waals surface area contributed by atoms with E-state index >= 15 is 0 Å². The number of amides is 1. The van der Waals surface area contributed by atoms with E-state index in [-0.39, 0.29) is 19.1 Å². The van der Waals surface area contributed by atoms with Crippen molar-refractivity contribution in [1.29, 1.82) is 0 Å². The second-order valence-corrected chi connectivity index (χ2v) is 3.60. The van der Waals surface area contributed by atoms with Gasteiger partial charge in [-0.2, -0.15) is 0 Å². The minimum absolute atomic E-state index is 0.0601. The van der Waals surface area contributed by atoms with Crippen molar-refractivity contribution in [2.24, 2.45) is 0 Å². The van der Waals surface area contributed by atoms with Crippen molar-refractivity contribution in [2.45, 2.75) is 25.4 Å². The number of alkyl halides is 1. The van der Waals surface area contributed by atoms with Gasteiger partial charge < -0.3 is 15.5 Å². The van der Waals surface area contributed by atoms with Crippen LogP contribution in [0, 0.1) is 0 Å². The predicted octanol–water partition coefficient (Wildman–Crippen LogP) is -0.135. The average molecular weight is 210 g/mol. The lowest BCUT2D eigenvalue weighted by Crippen LogP contribution is -2.43. The molecule has 0 aliphatic heterocycles. The molecular weight excluding hydrogens is 194 g/mol. The van der Waals surface area contributed by atoms with Crippen LogP contribution in [0.25, 0.3) is 0 Å². The molecule has 0 aliphatic carbocycles. The Morgan fingerprint density at radius 3 is 2.69 bits per heavy atom. The van der Waals surface area contributed by atoms with E-state index in [0.29, 0.717) is 18.7 Å². The number of aliphatic hydroxyl groups is 2. The summed E-state index contributed by atoms with van der Waals surface area (Å²) in [6, 6.07) is 0. The molecule has 0 aromatic carbocycles. The Balaban J connectivity index is 3.57. The van der Waals surface area contributed by atoms with Crippen LogP contribution in [0.5, 0.6) is 0 Å². The lowest BCUT2D eigenvalue weighted by molar-refractivity contribution is -0.122. The van der Waals surface area contributed by atoms with Gasteiger partial charge in [0.05, 0.1) is 6.61 Å². The van der Waals surface area contributed by atoms with Gasteiger partial charge >= 0.3 is 0 Å². The molecule has 0 aromatic rings. The average Bonchev–Trinajstić information content (AvgIpc) is 2.11. The molecule has 0 aromatic heterocycles. The Morgan fingerprint density at radius 2 is 2.23 bits per heavy atom. The van der Waals surface area contributed by atoms with Crippen molar-refractivity contribution in [1.82, 2.24) is 5.32 Å². The van der Waals surface area contributed by atoms with E-state index in [2.05, 4.69) is 5.32 Å². The van der Waals surface area contributed by atoms with Crippen LogP contribution < -0.4 is 5.32 Å². The predicted molar refractivity (Wildman–Crippen MR) is 50.7 cm³/mol. The van der Waals surface area contributed by atoms with Crippen molar-refractivity contribution in [2.75, 3.05) is 19.0 Å². The number of hydrogen-bond acceptors (Lipinski definition) is 3. The maximum atomic E-state index is 11.0. The van der Waals surface area contributed by atoms with Gasteiger partial charge in [0.25, 0.3) is 0 Å². The number of carbonyl (C=O) groups excluding carboxylic acids is 1. The minimum Gasteiger partial charge on any atom is -0.393 e. The molecule has 3 N–H and O–H groups in total. The number of carbonyl (C=O) groups is 1. The summed E-state index contributed by atoms with van der Waals surface area (Å²) in [6.45, 7) is 1.14. The zero-order valence-electron chi connectivity index (χ0n) is 7.72. The standard InChI is InChI=1S/C8H16ClNO3/c1-8(13,6-11)5-10-7(12)3-2-4-9/h11,13H,2-6H2,1H3,(H,10,12). The first-order valence-corrected chi connectivity index (χ1v) is 4.71. The largest absolute Gasteiger partial charge is 0.393 e. The molecule has 0 radical (unpaired) electrons. The van der Waals surface area contributed by atoms with Gasteiger partial charge in [0.15, 0.2) is 0 Å². The van der Waals surface area contributed by atoms with E-state index in [9.17, 15) is 9.90 Å². The fourth-order valence-electron chi connectivity index (χ4n) is 0.661. The smallest absolute Gasteiger partial charge is 0.220 e. The van der Waals surface area contributed by atoms with Crippen molar-refractivity contribution in [3.63, 3.8) is 0 Å². The molecule has 1 amide bonds. The summed E-state index contributed by atoms with van der Waals surface area (Å²) < 4.78 is 0. The first-order chi connectivity index (χ1) is 6.02. The van der Waals surface area contributed by atoms with Crippen molar-refractivity contribution < 1.29 is 15.0 Å². The Morgan fingerprint density at radius 1 is 1.62 bits per heavy atom. The van der Waals surface area contributed by atoms with Crippen LogP contribution in [0.2, 0.25) is 0 Å². The lowest BCUT2D eigenvalue weighted by atomic mass is 10.1. The summed E-state index contributed by atoms with van der Waals surface area (Å²) in [7, 11) is 0. The summed E-state index contributed by atoms with van der Waals surface area (Å²) in [5, 5.41) is 20.5. The third kappa shape index (κ3) is 6.81. The molecule has 0 bridgehead atoms. The van der Waals surface area contributed by atoms with Gasteiger partial charge in [0, 0.05) is 18.8 Å². The second-order valence-electron chi connectivity index (χ2n) is 3.22. The monoisotopic (exact) mass is 209 g/mol. The number of hydrogen-bond donors (Lipinski definition) is 3. The summed E-state index contributed by atoms with van der Waals surface area (Å²) in [5.74, 6) is 0.290. The van der Waals surface area contributed by atoms with Gasteiger partial charge in [-0.05, 0) is 13.3 Å². The van der Waals surface area contributed by atoms with E-state index in [4.69, 9.17) is 16.7 Å². The van der Waals surface area contributed by atoms with Crippen molar-refractivity contribution in [3.8, 4) is 0 Å². The van der Waals surface area contributed by atoms with Crippen molar-refractivity contribution in [3.05, 3.63) is 0 Å². The molecule has 0 rings (SSSR count). The van der Waals surface area contributed by atoms with Gasteiger partial charge in [-0.25, -0.2) is 0 Å². The van der Waals surface area contributed by atoms with Gasteiger partial charge in [0.2, 0.25) is 5.91 Å². The van der Waals surface area contributed by atoms with Crippen LogP contribution in [0.1, 0.15) is 19.8 Å². The molecule has 13 heavy (non-hydrogen) atoms. The molecule has 0 saturated carbocycles. The minimum atomic E-state index is -1.24. The molecule has 4 nitrogen and oxygen atoms in total. The van der Waals surface area contributed by atoms with Gasteiger partial charge in [-0.1, -0.05) is 0 Å². The lowest BCUT2D eigenvalue weighted by Gasteiger charge is -2.20. The van der Waals surface area contributed by atoms with E-state index in [1.54, 1.807) is 0 Å². The first-order valence-electron chi connectivity index (χ1n) is 4.18. The molecule has 1 unspecified atom stereocenters. The number of nitrogens with one attached hydrogen (secondary N) is 1. The van der Waals surface area contributed by atoms with Crippen LogP contribution in [0.15, 0.2) is 0 Å². The van der Waals surface area contributed by atoms with Gasteiger partial charge in [-0.3, -0.25) is 4.79 Å². The maximum Gasteiger partial charge on any atom is 0.220 e. The Labute approximate surface area is 82.9 Å². The Bertz CT molecular complexity index is 161. The molecule has 1 atom stereocenters. The van der Waals surface area contributed by atoms with E-state index in [0.717, 1.165) is 0 Å². The van der Waals surface area contributed by atoms with E-state index < -0.39 is 5.60 Å². The molecule has 78 valence electrons. The van der Waals surface area contributed by atoms with Gasteiger partial charge in [0.1, 0.15) is 5.60 Å². The molecular formula is C8H16ClNO3. The van der Waals surface area contributed by atoms with Crippen LogP contribution in [0.4, 0.5) is 0 Å². The summed E-state index contributed by atoms with van der Waals surface area (Å²) in [4.78, 5) is 11.0. The number of halogens is 1. The van der Waals surface area contributed by atoms with Gasteiger partial charge in [-0.15, -0.1) is 11.6 Å². The summed E-state index contributed by atoms with van der Waals surface area (Å²) in [6.07, 6.45) is 0.972. The zero-order chi connectivity index (χ0) is 10.3. The van der Waals surface area contributed by atoms with Crippen LogP contribution in [-0.4, -0.2) is 40.8 Å².